The van der Waals surface area contributed by atoms with E-state index in [-0.39, 0.29) is 17.6 Å². The first-order chi connectivity index (χ1) is 11.0. The van der Waals surface area contributed by atoms with E-state index in [9.17, 15) is 9.18 Å². The van der Waals surface area contributed by atoms with Crippen molar-refractivity contribution in [3.8, 4) is 0 Å². The topological polar surface area (TPSA) is 54.0 Å². The van der Waals surface area contributed by atoms with Crippen LogP contribution in [0.3, 0.4) is 0 Å². The first-order valence-electron chi connectivity index (χ1n) is 7.75. The van der Waals surface area contributed by atoms with E-state index < -0.39 is 0 Å². The van der Waals surface area contributed by atoms with E-state index in [0.717, 1.165) is 29.2 Å². The second-order valence-corrected chi connectivity index (χ2v) is 7.11. The predicted octanol–water partition coefficient (Wildman–Crippen LogP) is 2.98. The van der Waals surface area contributed by atoms with Crippen LogP contribution in [0.2, 0.25) is 0 Å². The van der Waals surface area contributed by atoms with Crippen molar-refractivity contribution < 1.29 is 9.18 Å². The Bertz CT molecular complexity index is 694. The largest absolute Gasteiger partial charge is 0.316 e. The number of hydrogen-bond donors (Lipinski definition) is 2. The molecule has 122 valence electrons. The molecule has 0 bridgehead atoms. The SMILES string of the molecule is Cc1nc(NC(=O)C(C)C2CNC2)sc1Cc1ccc(F)cc1. The number of aromatic nitrogens is 1. The molecular weight excluding hydrogens is 313 g/mol. The molecule has 1 aliphatic heterocycles. The first kappa shape index (κ1) is 16.1. The highest BCUT2D eigenvalue weighted by atomic mass is 32.1. The van der Waals surface area contributed by atoms with E-state index in [1.807, 2.05) is 13.8 Å². The lowest BCUT2D eigenvalue weighted by atomic mass is 9.88. The molecule has 4 nitrogen and oxygen atoms in total. The van der Waals surface area contributed by atoms with Crippen LogP contribution in [0.25, 0.3) is 0 Å². The summed E-state index contributed by atoms with van der Waals surface area (Å²) in [6.07, 6.45) is 0.696. The Balaban J connectivity index is 1.65. The average molecular weight is 333 g/mol. The molecule has 0 saturated carbocycles. The average Bonchev–Trinajstić information content (AvgIpc) is 2.79. The van der Waals surface area contributed by atoms with Crippen LogP contribution in [-0.4, -0.2) is 24.0 Å². The second kappa shape index (κ2) is 6.76. The van der Waals surface area contributed by atoms with Gasteiger partial charge in [-0.3, -0.25) is 4.79 Å². The Morgan fingerprint density at radius 2 is 2.13 bits per heavy atom. The molecule has 0 aliphatic carbocycles. The fourth-order valence-electron chi connectivity index (χ4n) is 2.53. The number of thiazole rings is 1. The van der Waals surface area contributed by atoms with Crippen LogP contribution in [-0.2, 0) is 11.2 Å². The lowest BCUT2D eigenvalue weighted by Crippen LogP contribution is -2.48. The van der Waals surface area contributed by atoms with E-state index in [1.54, 1.807) is 12.1 Å². The van der Waals surface area contributed by atoms with Crippen molar-refractivity contribution >= 4 is 22.4 Å². The number of aryl methyl sites for hydroxylation is 1. The van der Waals surface area contributed by atoms with Crippen LogP contribution in [0.4, 0.5) is 9.52 Å². The van der Waals surface area contributed by atoms with Crippen molar-refractivity contribution in [2.24, 2.45) is 11.8 Å². The summed E-state index contributed by atoms with van der Waals surface area (Å²) in [6, 6.07) is 6.47. The molecule has 1 aromatic heterocycles. The minimum absolute atomic E-state index is 0.0130. The number of carbonyl (C=O) groups excluding carboxylic acids is 1. The van der Waals surface area contributed by atoms with Gasteiger partial charge in [-0.2, -0.15) is 0 Å². The summed E-state index contributed by atoms with van der Waals surface area (Å²) in [4.78, 5) is 17.8. The maximum atomic E-state index is 13.0. The molecule has 3 rings (SSSR count). The van der Waals surface area contributed by atoms with Gasteiger partial charge in [0.25, 0.3) is 0 Å². The molecule has 1 aromatic carbocycles. The highest BCUT2D eigenvalue weighted by molar-refractivity contribution is 7.15. The fraction of sp³-hybridized carbons (Fsp3) is 0.412. The summed E-state index contributed by atoms with van der Waals surface area (Å²) in [5, 5.41) is 6.76. The number of amides is 1. The van der Waals surface area contributed by atoms with Gasteiger partial charge >= 0.3 is 0 Å². The number of hydrogen-bond acceptors (Lipinski definition) is 4. The standard InChI is InChI=1S/C17H20FN3OS/c1-10(13-8-19-9-13)16(22)21-17-20-11(2)15(23-17)7-12-3-5-14(18)6-4-12/h3-6,10,13,19H,7-9H2,1-2H3,(H,20,21,22). The summed E-state index contributed by atoms with van der Waals surface area (Å²) in [7, 11) is 0. The Kier molecular flexibility index (Phi) is 4.73. The van der Waals surface area contributed by atoms with E-state index in [1.165, 1.54) is 23.5 Å². The van der Waals surface area contributed by atoms with Crippen molar-refractivity contribution in [3.63, 3.8) is 0 Å². The van der Waals surface area contributed by atoms with Gasteiger partial charge in [0.05, 0.1) is 5.69 Å². The minimum Gasteiger partial charge on any atom is -0.316 e. The van der Waals surface area contributed by atoms with Crippen LogP contribution < -0.4 is 10.6 Å². The molecule has 1 unspecified atom stereocenters. The van der Waals surface area contributed by atoms with Crippen molar-refractivity contribution in [3.05, 3.63) is 46.2 Å². The van der Waals surface area contributed by atoms with Crippen LogP contribution in [0.15, 0.2) is 24.3 Å². The van der Waals surface area contributed by atoms with Crippen molar-refractivity contribution in [2.75, 3.05) is 18.4 Å². The molecule has 0 radical (unpaired) electrons. The number of nitrogens with zero attached hydrogens (tertiary/aromatic N) is 1. The number of nitrogens with one attached hydrogen (secondary N) is 2. The molecule has 2 heterocycles. The highest BCUT2D eigenvalue weighted by Gasteiger charge is 2.29. The molecule has 6 heteroatoms. The molecule has 1 saturated heterocycles. The maximum Gasteiger partial charge on any atom is 0.229 e. The van der Waals surface area contributed by atoms with Gasteiger partial charge in [-0.1, -0.05) is 19.1 Å². The summed E-state index contributed by atoms with van der Waals surface area (Å²) < 4.78 is 13.0. The summed E-state index contributed by atoms with van der Waals surface area (Å²) in [6.45, 7) is 5.70. The lowest BCUT2D eigenvalue weighted by Gasteiger charge is -2.31. The number of halogens is 1. The zero-order valence-electron chi connectivity index (χ0n) is 13.2. The van der Waals surface area contributed by atoms with Gasteiger partial charge in [0.1, 0.15) is 5.82 Å². The Morgan fingerprint density at radius 3 is 2.74 bits per heavy atom. The number of carbonyl (C=O) groups is 1. The van der Waals surface area contributed by atoms with Gasteiger partial charge in [-0.15, -0.1) is 11.3 Å². The van der Waals surface area contributed by atoms with E-state index in [0.29, 0.717) is 17.5 Å². The lowest BCUT2D eigenvalue weighted by molar-refractivity contribution is -0.121. The van der Waals surface area contributed by atoms with Gasteiger partial charge in [0.2, 0.25) is 5.91 Å². The summed E-state index contributed by atoms with van der Waals surface area (Å²) >= 11 is 1.49. The van der Waals surface area contributed by atoms with Crippen LogP contribution in [0, 0.1) is 24.6 Å². The fourth-order valence-corrected chi connectivity index (χ4v) is 3.53. The molecule has 2 N–H and O–H groups in total. The van der Waals surface area contributed by atoms with Gasteiger partial charge < -0.3 is 10.6 Å². The third-order valence-corrected chi connectivity index (χ3v) is 5.41. The molecule has 23 heavy (non-hydrogen) atoms. The van der Waals surface area contributed by atoms with E-state index in [2.05, 4.69) is 15.6 Å². The number of rotatable bonds is 5. The molecule has 0 spiro atoms. The Morgan fingerprint density at radius 1 is 1.43 bits per heavy atom. The molecule has 1 aliphatic rings. The second-order valence-electron chi connectivity index (χ2n) is 6.03. The van der Waals surface area contributed by atoms with Crippen LogP contribution >= 0.6 is 11.3 Å². The van der Waals surface area contributed by atoms with Crippen molar-refractivity contribution in [1.29, 1.82) is 0 Å². The molecular formula is C17H20FN3OS. The normalized spacial score (nSPS) is 16.0. The van der Waals surface area contributed by atoms with E-state index >= 15 is 0 Å². The van der Waals surface area contributed by atoms with Crippen LogP contribution in [0.5, 0.6) is 0 Å². The molecule has 1 atom stereocenters. The van der Waals surface area contributed by atoms with Gasteiger partial charge in [-0.25, -0.2) is 9.37 Å². The van der Waals surface area contributed by atoms with Gasteiger partial charge in [0, 0.05) is 17.2 Å². The Labute approximate surface area is 139 Å². The Hall–Kier alpha value is -1.79. The smallest absolute Gasteiger partial charge is 0.229 e. The summed E-state index contributed by atoms with van der Waals surface area (Å²) in [5.41, 5.74) is 1.94. The predicted molar refractivity (Wildman–Crippen MR) is 90.2 cm³/mol. The molecule has 2 aromatic rings. The third kappa shape index (κ3) is 3.76. The van der Waals surface area contributed by atoms with Crippen molar-refractivity contribution in [1.82, 2.24) is 10.3 Å². The summed E-state index contributed by atoms with van der Waals surface area (Å²) in [5.74, 6) is 0.191. The third-order valence-electron chi connectivity index (χ3n) is 4.33. The quantitative estimate of drug-likeness (QED) is 0.884. The van der Waals surface area contributed by atoms with Crippen molar-refractivity contribution in [2.45, 2.75) is 20.3 Å². The number of benzene rings is 1. The van der Waals surface area contributed by atoms with E-state index in [4.69, 9.17) is 0 Å². The zero-order chi connectivity index (χ0) is 16.4. The maximum absolute atomic E-state index is 13.0. The van der Waals surface area contributed by atoms with Crippen LogP contribution in [0.1, 0.15) is 23.1 Å². The van der Waals surface area contributed by atoms with Gasteiger partial charge in [0.15, 0.2) is 5.13 Å². The zero-order valence-corrected chi connectivity index (χ0v) is 14.0. The monoisotopic (exact) mass is 333 g/mol. The minimum atomic E-state index is -0.234. The molecule has 1 amide bonds. The van der Waals surface area contributed by atoms with Gasteiger partial charge in [-0.05, 0) is 43.6 Å². The molecule has 1 fully saturated rings. The highest BCUT2D eigenvalue weighted by Crippen LogP contribution is 2.26. The number of anilines is 1. The first-order valence-corrected chi connectivity index (χ1v) is 8.57.